The number of carbonyl (C=O) groups excluding carboxylic acids is 1. The van der Waals surface area contributed by atoms with E-state index in [0.717, 1.165) is 11.1 Å². The molecule has 0 aliphatic carbocycles. The second-order valence-corrected chi connectivity index (χ2v) is 4.61. The molecular formula is C16H14O4. The van der Waals surface area contributed by atoms with Gasteiger partial charge in [-0.05, 0) is 11.6 Å². The van der Waals surface area contributed by atoms with Gasteiger partial charge >= 0.3 is 5.97 Å². The third-order valence-corrected chi connectivity index (χ3v) is 3.46. The van der Waals surface area contributed by atoms with Gasteiger partial charge in [0.15, 0.2) is 0 Å². The van der Waals surface area contributed by atoms with Crippen molar-refractivity contribution in [2.45, 2.75) is 12.2 Å². The quantitative estimate of drug-likeness (QED) is 0.787. The Morgan fingerprint density at radius 2 is 1.75 bits per heavy atom. The Balaban J connectivity index is 2.09. The number of benzene rings is 2. The molecule has 0 fully saturated rings. The highest BCUT2D eigenvalue weighted by Crippen LogP contribution is 2.34. The third-order valence-electron chi connectivity index (χ3n) is 3.46. The lowest BCUT2D eigenvalue weighted by Crippen LogP contribution is -2.33. The maximum Gasteiger partial charge on any atom is 0.373 e. The van der Waals surface area contributed by atoms with Crippen LogP contribution in [0.25, 0.3) is 0 Å². The summed E-state index contributed by atoms with van der Waals surface area (Å²) >= 11 is 0. The molecule has 0 amide bonds. The highest BCUT2D eigenvalue weighted by atomic mass is 17.2. The second kappa shape index (κ2) is 5.07. The number of fused-ring (bicyclic) bond motifs is 1. The predicted octanol–water partition coefficient (Wildman–Crippen LogP) is 2.83. The van der Waals surface area contributed by atoms with Gasteiger partial charge in [0.2, 0.25) is 5.79 Å². The van der Waals surface area contributed by atoms with Crippen LogP contribution >= 0.6 is 0 Å². The minimum Gasteiger partial charge on any atom is -0.346 e. The minimum atomic E-state index is -1.12. The van der Waals surface area contributed by atoms with E-state index < -0.39 is 11.8 Å². The van der Waals surface area contributed by atoms with Crippen LogP contribution in [0.1, 0.15) is 21.5 Å². The fourth-order valence-electron chi connectivity index (χ4n) is 2.37. The predicted molar refractivity (Wildman–Crippen MR) is 71.8 cm³/mol. The largest absolute Gasteiger partial charge is 0.373 e. The molecule has 102 valence electrons. The van der Waals surface area contributed by atoms with Crippen molar-refractivity contribution in [2.75, 3.05) is 7.11 Å². The van der Waals surface area contributed by atoms with Crippen molar-refractivity contribution in [1.29, 1.82) is 0 Å². The van der Waals surface area contributed by atoms with Gasteiger partial charge in [-0.15, -0.1) is 4.89 Å². The van der Waals surface area contributed by atoms with Gasteiger partial charge < -0.3 is 4.74 Å². The Morgan fingerprint density at radius 1 is 1.05 bits per heavy atom. The lowest BCUT2D eigenvalue weighted by atomic mass is 9.95. The summed E-state index contributed by atoms with van der Waals surface area (Å²) in [5.74, 6) is -1.63. The van der Waals surface area contributed by atoms with E-state index in [2.05, 4.69) is 0 Å². The molecule has 1 heterocycles. The highest BCUT2D eigenvalue weighted by Gasteiger charge is 2.40. The number of rotatable bonds is 2. The van der Waals surface area contributed by atoms with Gasteiger partial charge in [-0.25, -0.2) is 4.79 Å². The molecule has 4 nitrogen and oxygen atoms in total. The third kappa shape index (κ3) is 2.09. The first kappa shape index (κ1) is 12.8. The Morgan fingerprint density at radius 3 is 2.50 bits per heavy atom. The van der Waals surface area contributed by atoms with Gasteiger partial charge in [0.05, 0.1) is 5.56 Å². The van der Waals surface area contributed by atoms with E-state index >= 15 is 0 Å². The molecule has 0 radical (unpaired) electrons. The fourth-order valence-corrected chi connectivity index (χ4v) is 2.37. The summed E-state index contributed by atoms with van der Waals surface area (Å²) in [7, 11) is 1.54. The Bertz CT molecular complexity index is 623. The minimum absolute atomic E-state index is 0.398. The lowest BCUT2D eigenvalue weighted by molar-refractivity contribution is -0.397. The van der Waals surface area contributed by atoms with Crippen molar-refractivity contribution in [3.8, 4) is 0 Å². The van der Waals surface area contributed by atoms with Crippen LogP contribution < -0.4 is 0 Å². The molecule has 2 aromatic carbocycles. The highest BCUT2D eigenvalue weighted by molar-refractivity contribution is 5.91. The van der Waals surface area contributed by atoms with Crippen molar-refractivity contribution < 1.29 is 19.3 Å². The molecule has 4 heteroatoms. The van der Waals surface area contributed by atoms with Crippen LogP contribution in [0.4, 0.5) is 0 Å². The molecule has 0 aromatic heterocycles. The normalized spacial score (nSPS) is 21.8. The number of ether oxygens (including phenoxy) is 1. The summed E-state index contributed by atoms with van der Waals surface area (Å²) in [5, 5.41) is 0. The van der Waals surface area contributed by atoms with Crippen LogP contribution in [0, 0.1) is 0 Å². The van der Waals surface area contributed by atoms with Crippen LogP contribution in [0.2, 0.25) is 0 Å². The Labute approximate surface area is 116 Å². The summed E-state index contributed by atoms with van der Waals surface area (Å²) in [6.07, 6.45) is 0.398. The molecule has 0 spiro atoms. The summed E-state index contributed by atoms with van der Waals surface area (Å²) in [6.45, 7) is 0. The van der Waals surface area contributed by atoms with Crippen molar-refractivity contribution in [3.05, 3.63) is 71.3 Å². The van der Waals surface area contributed by atoms with Crippen molar-refractivity contribution >= 4 is 5.97 Å². The Hall–Kier alpha value is -2.17. The molecule has 2 aromatic rings. The lowest BCUT2D eigenvalue weighted by Gasteiger charge is -2.28. The standard InChI is InChI=1S/C16H14O4/c1-18-16(13-8-3-2-4-9-13)11-12-7-5-6-10-14(12)15(17)19-20-16/h2-10H,11H2,1H3. The van der Waals surface area contributed by atoms with E-state index in [-0.39, 0.29) is 0 Å². The first-order chi connectivity index (χ1) is 9.75. The molecule has 0 saturated heterocycles. The van der Waals surface area contributed by atoms with E-state index in [1.54, 1.807) is 12.1 Å². The molecule has 1 unspecified atom stereocenters. The summed E-state index contributed by atoms with van der Waals surface area (Å²) in [5.41, 5.74) is 2.13. The molecule has 20 heavy (non-hydrogen) atoms. The fraction of sp³-hybridized carbons (Fsp3) is 0.188. The Kier molecular flexibility index (Phi) is 3.26. The zero-order valence-electron chi connectivity index (χ0n) is 11.0. The zero-order chi connectivity index (χ0) is 14.0. The van der Waals surface area contributed by atoms with E-state index in [4.69, 9.17) is 14.5 Å². The van der Waals surface area contributed by atoms with Gasteiger partial charge in [-0.2, -0.15) is 0 Å². The van der Waals surface area contributed by atoms with Gasteiger partial charge in [-0.1, -0.05) is 48.5 Å². The molecule has 1 aliphatic rings. The zero-order valence-corrected chi connectivity index (χ0v) is 11.0. The van der Waals surface area contributed by atoms with Gasteiger partial charge in [0.1, 0.15) is 0 Å². The maximum atomic E-state index is 11.9. The molecular weight excluding hydrogens is 256 g/mol. The number of hydrogen-bond donors (Lipinski definition) is 0. The van der Waals surface area contributed by atoms with Gasteiger partial charge in [0.25, 0.3) is 0 Å². The first-order valence-electron chi connectivity index (χ1n) is 6.34. The van der Waals surface area contributed by atoms with Crippen LogP contribution in [-0.4, -0.2) is 13.1 Å². The SMILES string of the molecule is COC1(c2ccccc2)Cc2ccccc2C(=O)OO1. The maximum absolute atomic E-state index is 11.9. The first-order valence-corrected chi connectivity index (χ1v) is 6.34. The average Bonchev–Trinajstić information content (AvgIpc) is 2.66. The monoisotopic (exact) mass is 270 g/mol. The van der Waals surface area contributed by atoms with Crippen molar-refractivity contribution in [2.24, 2.45) is 0 Å². The van der Waals surface area contributed by atoms with E-state index in [1.165, 1.54) is 7.11 Å². The molecule has 3 rings (SSSR count). The topological polar surface area (TPSA) is 44.8 Å². The van der Waals surface area contributed by atoms with Crippen LogP contribution in [0.15, 0.2) is 54.6 Å². The molecule has 1 aliphatic heterocycles. The van der Waals surface area contributed by atoms with Gasteiger partial charge in [0, 0.05) is 19.1 Å². The number of hydrogen-bond acceptors (Lipinski definition) is 4. The van der Waals surface area contributed by atoms with Crippen LogP contribution in [0.3, 0.4) is 0 Å². The summed E-state index contributed by atoms with van der Waals surface area (Å²) in [4.78, 5) is 22.2. The van der Waals surface area contributed by atoms with Crippen molar-refractivity contribution in [3.63, 3.8) is 0 Å². The molecule has 0 saturated carbocycles. The van der Waals surface area contributed by atoms with E-state index in [1.807, 2.05) is 42.5 Å². The molecule has 1 atom stereocenters. The molecule has 0 bridgehead atoms. The van der Waals surface area contributed by atoms with E-state index in [9.17, 15) is 4.79 Å². The smallest absolute Gasteiger partial charge is 0.346 e. The van der Waals surface area contributed by atoms with Crippen LogP contribution in [-0.2, 0) is 26.7 Å². The number of methoxy groups -OCH3 is 1. The second-order valence-electron chi connectivity index (χ2n) is 4.61. The van der Waals surface area contributed by atoms with E-state index in [0.29, 0.717) is 12.0 Å². The summed E-state index contributed by atoms with van der Waals surface area (Å²) in [6, 6.07) is 16.7. The average molecular weight is 270 g/mol. The van der Waals surface area contributed by atoms with Crippen LogP contribution in [0.5, 0.6) is 0 Å². The number of carbonyl (C=O) groups is 1. The summed E-state index contributed by atoms with van der Waals surface area (Å²) < 4.78 is 5.55. The van der Waals surface area contributed by atoms with Crippen molar-refractivity contribution in [1.82, 2.24) is 0 Å². The molecule has 0 N–H and O–H groups in total. The van der Waals surface area contributed by atoms with Gasteiger partial charge in [-0.3, -0.25) is 4.89 Å².